The normalized spacial score (nSPS) is 15.6. The van der Waals surface area contributed by atoms with Crippen LogP contribution in [0.1, 0.15) is 47.0 Å². The largest absolute Gasteiger partial charge is 0.356 e. The number of hydrogen-bond donors (Lipinski definition) is 0. The minimum absolute atomic E-state index is 0. The third kappa shape index (κ3) is 5.12. The number of ether oxygens (including phenoxy) is 2. The highest BCUT2D eigenvalue weighted by Gasteiger charge is 2.32. The van der Waals surface area contributed by atoms with Crippen LogP contribution in [0.25, 0.3) is 0 Å². The van der Waals surface area contributed by atoms with E-state index in [0.717, 1.165) is 19.3 Å². The van der Waals surface area contributed by atoms with E-state index in [-0.39, 0.29) is 34.5 Å². The summed E-state index contributed by atoms with van der Waals surface area (Å²) >= 11 is 0. The Kier molecular flexibility index (Phi) is 10.8. The minimum Gasteiger partial charge on any atom is -0.356 e. The van der Waals surface area contributed by atoms with Crippen LogP contribution in [-0.2, 0) is 9.47 Å². The average Bonchev–Trinajstić information content (AvgIpc) is 2.21. The van der Waals surface area contributed by atoms with Crippen molar-refractivity contribution in [3.63, 3.8) is 0 Å². The molecule has 94 valence electrons. The molecule has 0 saturated heterocycles. The van der Waals surface area contributed by atoms with Crippen LogP contribution in [-0.4, -0.2) is 19.2 Å². The molecule has 0 saturated carbocycles. The van der Waals surface area contributed by atoms with E-state index in [1.54, 1.807) is 7.11 Å². The van der Waals surface area contributed by atoms with Crippen LogP contribution in [0.15, 0.2) is 0 Å². The molecule has 15 heavy (non-hydrogen) atoms. The Morgan fingerprint density at radius 2 is 1.53 bits per heavy atom. The number of hydrogen-bond acceptors (Lipinski definition) is 2. The van der Waals surface area contributed by atoms with Crippen molar-refractivity contribution in [2.24, 2.45) is 5.41 Å². The smallest absolute Gasteiger partial charge is 0.155 e. The van der Waals surface area contributed by atoms with Gasteiger partial charge in [-0.05, 0) is 31.6 Å². The van der Waals surface area contributed by atoms with Crippen LogP contribution < -0.4 is 0 Å². The number of rotatable bonds is 7. The lowest BCUT2D eigenvalue weighted by atomic mass is 9.80. The van der Waals surface area contributed by atoms with Crippen LogP contribution in [0.2, 0.25) is 0 Å². The van der Waals surface area contributed by atoms with Crippen molar-refractivity contribution in [3.8, 4) is 0 Å². The summed E-state index contributed by atoms with van der Waals surface area (Å²) in [5.41, 5.74) is 0.275. The topological polar surface area (TPSA) is 18.5 Å². The third-order valence-corrected chi connectivity index (χ3v) is 4.25. The molecule has 3 atom stereocenters. The zero-order valence-corrected chi connectivity index (χ0v) is 13.4. The summed E-state index contributed by atoms with van der Waals surface area (Å²) in [6.07, 6.45) is 3.31. The molecule has 0 spiro atoms. The van der Waals surface area contributed by atoms with Gasteiger partial charge in [-0.2, -0.15) is 0 Å². The SMILES string of the molecule is Br.CCC(CC)(CC)C(P)OC(C)OC. The fraction of sp³-hybridized carbons (Fsp3) is 1.00. The van der Waals surface area contributed by atoms with Gasteiger partial charge in [-0.25, -0.2) is 0 Å². The first-order valence-corrected chi connectivity index (χ1v) is 6.16. The van der Waals surface area contributed by atoms with Gasteiger partial charge in [0.1, 0.15) is 0 Å². The standard InChI is InChI=1S/C11H25O2P.BrH/c1-6-11(7-2,8-3)10(14)13-9(4)12-5;/h9-10H,6-8,14H2,1-5H3;1H. The predicted molar refractivity (Wildman–Crippen MR) is 74.7 cm³/mol. The van der Waals surface area contributed by atoms with Gasteiger partial charge in [0.15, 0.2) is 6.29 Å². The third-order valence-electron chi connectivity index (χ3n) is 3.39. The van der Waals surface area contributed by atoms with Gasteiger partial charge in [-0.3, -0.25) is 0 Å². The molecule has 0 rings (SSSR count). The molecule has 0 aliphatic heterocycles. The van der Waals surface area contributed by atoms with E-state index < -0.39 is 0 Å². The molecule has 0 N–H and O–H groups in total. The zero-order valence-electron chi connectivity index (χ0n) is 10.6. The Bertz CT molecular complexity index is 143. The summed E-state index contributed by atoms with van der Waals surface area (Å²) < 4.78 is 10.9. The van der Waals surface area contributed by atoms with Gasteiger partial charge in [-0.1, -0.05) is 20.8 Å². The van der Waals surface area contributed by atoms with E-state index in [9.17, 15) is 0 Å². The lowest BCUT2D eigenvalue weighted by molar-refractivity contribution is -0.150. The van der Waals surface area contributed by atoms with Crippen molar-refractivity contribution in [1.82, 2.24) is 0 Å². The van der Waals surface area contributed by atoms with Crippen molar-refractivity contribution in [1.29, 1.82) is 0 Å². The molecule has 3 unspecified atom stereocenters. The molecule has 0 aromatic heterocycles. The molecule has 0 aliphatic rings. The predicted octanol–water partition coefficient (Wildman–Crippen LogP) is 3.99. The minimum atomic E-state index is -0.124. The molecule has 0 bridgehead atoms. The lowest BCUT2D eigenvalue weighted by Gasteiger charge is -2.37. The molecule has 0 heterocycles. The summed E-state index contributed by atoms with van der Waals surface area (Å²) in [6.45, 7) is 8.61. The van der Waals surface area contributed by atoms with Crippen molar-refractivity contribution in [2.75, 3.05) is 7.11 Å². The first-order valence-electron chi connectivity index (χ1n) is 5.50. The molecule has 0 amide bonds. The molecule has 0 radical (unpaired) electrons. The summed E-state index contributed by atoms with van der Waals surface area (Å²) in [5.74, 6) is 0.178. The second-order valence-corrected chi connectivity index (χ2v) is 4.39. The first-order chi connectivity index (χ1) is 6.56. The molecular formula is C11H26BrO2P. The molecule has 0 aromatic carbocycles. The van der Waals surface area contributed by atoms with Crippen molar-refractivity contribution in [3.05, 3.63) is 0 Å². The highest BCUT2D eigenvalue weighted by Crippen LogP contribution is 2.39. The Balaban J connectivity index is 0. The summed E-state index contributed by atoms with van der Waals surface area (Å²) in [7, 11) is 4.48. The van der Waals surface area contributed by atoms with Crippen molar-refractivity contribution < 1.29 is 9.47 Å². The quantitative estimate of drug-likeness (QED) is 0.523. The second-order valence-electron chi connectivity index (χ2n) is 3.78. The Labute approximate surface area is 107 Å². The lowest BCUT2D eigenvalue weighted by Crippen LogP contribution is -2.34. The van der Waals surface area contributed by atoms with Crippen LogP contribution >= 0.6 is 26.2 Å². The fourth-order valence-electron chi connectivity index (χ4n) is 1.76. The van der Waals surface area contributed by atoms with E-state index in [1.165, 1.54) is 0 Å². The van der Waals surface area contributed by atoms with Gasteiger partial charge in [0.2, 0.25) is 0 Å². The Hall–Kier alpha value is 0.830. The maximum Gasteiger partial charge on any atom is 0.155 e. The van der Waals surface area contributed by atoms with Crippen molar-refractivity contribution in [2.45, 2.75) is 59.1 Å². The molecular weight excluding hydrogens is 275 g/mol. The van der Waals surface area contributed by atoms with Crippen LogP contribution in [0.4, 0.5) is 0 Å². The summed E-state index contributed by atoms with van der Waals surface area (Å²) in [6, 6.07) is 0. The van der Waals surface area contributed by atoms with E-state index >= 15 is 0 Å². The monoisotopic (exact) mass is 300 g/mol. The van der Waals surface area contributed by atoms with Gasteiger partial charge >= 0.3 is 0 Å². The van der Waals surface area contributed by atoms with Gasteiger partial charge in [0.05, 0.1) is 5.85 Å². The van der Waals surface area contributed by atoms with Crippen LogP contribution in [0.3, 0.4) is 0 Å². The second kappa shape index (κ2) is 8.92. The number of methoxy groups -OCH3 is 1. The zero-order chi connectivity index (χ0) is 11.2. The van der Waals surface area contributed by atoms with E-state index in [4.69, 9.17) is 9.47 Å². The molecule has 4 heteroatoms. The fourth-order valence-corrected chi connectivity index (χ4v) is 2.69. The van der Waals surface area contributed by atoms with E-state index in [2.05, 4.69) is 30.0 Å². The van der Waals surface area contributed by atoms with Crippen LogP contribution in [0, 0.1) is 5.41 Å². The summed E-state index contributed by atoms with van der Waals surface area (Å²) in [5, 5.41) is 0. The van der Waals surface area contributed by atoms with Gasteiger partial charge in [0.25, 0.3) is 0 Å². The Morgan fingerprint density at radius 1 is 1.13 bits per heavy atom. The van der Waals surface area contributed by atoms with Crippen molar-refractivity contribution >= 4 is 26.2 Å². The van der Waals surface area contributed by atoms with E-state index in [0.29, 0.717) is 0 Å². The maximum atomic E-state index is 5.78. The van der Waals surface area contributed by atoms with E-state index in [1.807, 2.05) is 6.92 Å². The highest BCUT2D eigenvalue weighted by atomic mass is 79.9. The molecule has 0 aromatic rings. The first kappa shape index (κ1) is 18.2. The molecule has 0 aliphatic carbocycles. The highest BCUT2D eigenvalue weighted by molar-refractivity contribution is 8.93. The number of halogens is 1. The van der Waals surface area contributed by atoms with Crippen LogP contribution in [0.5, 0.6) is 0 Å². The maximum absolute atomic E-state index is 5.78. The van der Waals surface area contributed by atoms with Gasteiger partial charge in [0, 0.05) is 7.11 Å². The molecule has 2 nitrogen and oxygen atoms in total. The summed E-state index contributed by atoms with van der Waals surface area (Å²) in [4.78, 5) is 0. The average molecular weight is 301 g/mol. The molecule has 0 fully saturated rings. The van der Waals surface area contributed by atoms with Gasteiger partial charge in [-0.15, -0.1) is 26.2 Å². The Morgan fingerprint density at radius 3 is 1.80 bits per heavy atom. The van der Waals surface area contributed by atoms with Gasteiger partial charge < -0.3 is 9.47 Å².